The lowest BCUT2D eigenvalue weighted by Gasteiger charge is -2.24. The highest BCUT2D eigenvalue weighted by atomic mass is 16.3. The van der Waals surface area contributed by atoms with Gasteiger partial charge in [-0.15, -0.1) is 0 Å². The lowest BCUT2D eigenvalue weighted by Crippen LogP contribution is -2.36. The van der Waals surface area contributed by atoms with Gasteiger partial charge in [0.1, 0.15) is 5.75 Å². The summed E-state index contributed by atoms with van der Waals surface area (Å²) in [6.07, 6.45) is 2.92. The van der Waals surface area contributed by atoms with Gasteiger partial charge in [-0.3, -0.25) is 4.79 Å². The van der Waals surface area contributed by atoms with Crippen molar-refractivity contribution in [2.75, 3.05) is 13.1 Å². The van der Waals surface area contributed by atoms with E-state index in [4.69, 9.17) is 5.73 Å². The highest BCUT2D eigenvalue weighted by Crippen LogP contribution is 2.23. The van der Waals surface area contributed by atoms with E-state index in [0.717, 1.165) is 25.8 Å². The Kier molecular flexibility index (Phi) is 3.64. The zero-order chi connectivity index (χ0) is 12.3. The number of aromatic hydroxyl groups is 1. The molecule has 0 saturated carbocycles. The van der Waals surface area contributed by atoms with Crippen LogP contribution in [0.1, 0.15) is 29.6 Å². The van der Waals surface area contributed by atoms with Crippen LogP contribution in [0.3, 0.4) is 0 Å². The fraction of sp³-hybridized carbons (Fsp3) is 0.462. The molecule has 1 aromatic rings. The summed E-state index contributed by atoms with van der Waals surface area (Å²) in [7, 11) is 0. The van der Waals surface area contributed by atoms with E-state index in [2.05, 4.69) is 0 Å². The maximum Gasteiger partial charge on any atom is 0.254 e. The molecule has 0 radical (unpaired) electrons. The molecule has 0 aromatic heterocycles. The summed E-state index contributed by atoms with van der Waals surface area (Å²) in [5, 5.41) is 9.38. The molecule has 92 valence electrons. The van der Waals surface area contributed by atoms with Crippen molar-refractivity contribution in [3.63, 3.8) is 0 Å². The molecule has 1 saturated heterocycles. The second-order valence-electron chi connectivity index (χ2n) is 4.42. The maximum absolute atomic E-state index is 12.3. The molecular formula is C13H18N2O2. The molecule has 1 fully saturated rings. The van der Waals surface area contributed by atoms with Crippen LogP contribution in [0, 0.1) is 0 Å². The van der Waals surface area contributed by atoms with Gasteiger partial charge in [-0.05, 0) is 44.0 Å². The van der Waals surface area contributed by atoms with E-state index in [-0.39, 0.29) is 17.7 Å². The van der Waals surface area contributed by atoms with Crippen molar-refractivity contribution in [3.05, 3.63) is 29.8 Å². The zero-order valence-corrected chi connectivity index (χ0v) is 9.80. The van der Waals surface area contributed by atoms with Gasteiger partial charge < -0.3 is 15.7 Å². The molecule has 0 aliphatic carbocycles. The number of carbonyl (C=O) groups is 1. The van der Waals surface area contributed by atoms with Crippen molar-refractivity contribution in [1.82, 2.24) is 4.90 Å². The molecule has 1 amide bonds. The molecule has 1 heterocycles. The molecule has 17 heavy (non-hydrogen) atoms. The van der Waals surface area contributed by atoms with Crippen LogP contribution in [0.15, 0.2) is 24.3 Å². The first-order valence-corrected chi connectivity index (χ1v) is 6.02. The van der Waals surface area contributed by atoms with E-state index in [0.29, 0.717) is 12.1 Å². The van der Waals surface area contributed by atoms with Crippen LogP contribution < -0.4 is 5.73 Å². The first-order valence-electron chi connectivity index (χ1n) is 6.02. The summed E-state index contributed by atoms with van der Waals surface area (Å²) >= 11 is 0. The second kappa shape index (κ2) is 5.19. The number of rotatable bonds is 3. The molecule has 1 unspecified atom stereocenters. The molecular weight excluding hydrogens is 216 g/mol. The van der Waals surface area contributed by atoms with Gasteiger partial charge in [-0.25, -0.2) is 0 Å². The van der Waals surface area contributed by atoms with Crippen LogP contribution in [0.4, 0.5) is 0 Å². The van der Waals surface area contributed by atoms with Gasteiger partial charge in [-0.1, -0.05) is 6.07 Å². The lowest BCUT2D eigenvalue weighted by molar-refractivity contribution is 0.0732. The highest BCUT2D eigenvalue weighted by molar-refractivity contribution is 5.95. The molecule has 0 spiro atoms. The quantitative estimate of drug-likeness (QED) is 0.829. The number of likely N-dealkylation sites (tertiary alicyclic amines) is 1. The zero-order valence-electron chi connectivity index (χ0n) is 9.80. The van der Waals surface area contributed by atoms with Crippen LogP contribution in [-0.2, 0) is 0 Å². The Hall–Kier alpha value is -1.55. The number of benzene rings is 1. The number of hydrogen-bond donors (Lipinski definition) is 2. The predicted octanol–water partition coefficient (Wildman–Crippen LogP) is 1.35. The normalized spacial score (nSPS) is 19.6. The number of amides is 1. The largest absolute Gasteiger partial charge is 0.508 e. The van der Waals surface area contributed by atoms with E-state index in [1.165, 1.54) is 6.07 Å². The summed E-state index contributed by atoms with van der Waals surface area (Å²) in [6, 6.07) is 6.77. The van der Waals surface area contributed by atoms with Gasteiger partial charge >= 0.3 is 0 Å². The molecule has 1 atom stereocenters. The maximum atomic E-state index is 12.3. The predicted molar refractivity (Wildman–Crippen MR) is 65.8 cm³/mol. The Morgan fingerprint density at radius 2 is 2.35 bits per heavy atom. The van der Waals surface area contributed by atoms with Crippen molar-refractivity contribution in [2.45, 2.75) is 25.3 Å². The Morgan fingerprint density at radius 3 is 3.06 bits per heavy atom. The third-order valence-corrected chi connectivity index (χ3v) is 3.23. The van der Waals surface area contributed by atoms with Crippen LogP contribution >= 0.6 is 0 Å². The van der Waals surface area contributed by atoms with Crippen LogP contribution in [-0.4, -0.2) is 35.0 Å². The number of nitrogens with zero attached hydrogens (tertiary/aromatic N) is 1. The van der Waals surface area contributed by atoms with Gasteiger partial charge in [0.05, 0.1) is 0 Å². The van der Waals surface area contributed by atoms with E-state index in [9.17, 15) is 9.90 Å². The van der Waals surface area contributed by atoms with Gasteiger partial charge in [-0.2, -0.15) is 0 Å². The standard InChI is InChI=1S/C13H18N2O2/c14-7-6-11-4-2-8-15(11)13(17)10-3-1-5-12(16)9-10/h1,3,5,9,11,16H,2,4,6-8,14H2. The molecule has 1 aliphatic rings. The molecule has 4 heteroatoms. The summed E-state index contributed by atoms with van der Waals surface area (Å²) < 4.78 is 0. The average molecular weight is 234 g/mol. The van der Waals surface area contributed by atoms with Crippen LogP contribution in [0.2, 0.25) is 0 Å². The minimum absolute atomic E-state index is 0.00292. The highest BCUT2D eigenvalue weighted by Gasteiger charge is 2.28. The van der Waals surface area contributed by atoms with Crippen molar-refractivity contribution < 1.29 is 9.90 Å². The molecule has 2 rings (SSSR count). The van der Waals surface area contributed by atoms with Gasteiger partial charge in [0.15, 0.2) is 0 Å². The van der Waals surface area contributed by atoms with Crippen molar-refractivity contribution in [2.24, 2.45) is 5.73 Å². The number of phenolic OH excluding ortho intramolecular Hbond substituents is 1. The number of hydrogen-bond acceptors (Lipinski definition) is 3. The van der Waals surface area contributed by atoms with Gasteiger partial charge in [0.2, 0.25) is 0 Å². The molecule has 4 nitrogen and oxygen atoms in total. The minimum Gasteiger partial charge on any atom is -0.508 e. The first-order chi connectivity index (χ1) is 8.22. The average Bonchev–Trinajstić information content (AvgIpc) is 2.77. The second-order valence-corrected chi connectivity index (χ2v) is 4.42. The third kappa shape index (κ3) is 2.58. The fourth-order valence-electron chi connectivity index (χ4n) is 2.40. The summed E-state index contributed by atoms with van der Waals surface area (Å²) in [5.41, 5.74) is 6.11. The Bertz CT molecular complexity index is 406. The Morgan fingerprint density at radius 1 is 1.53 bits per heavy atom. The monoisotopic (exact) mass is 234 g/mol. The molecule has 1 aromatic carbocycles. The summed E-state index contributed by atoms with van der Waals surface area (Å²) in [6.45, 7) is 1.40. The number of phenols is 1. The van der Waals surface area contributed by atoms with E-state index in [1.807, 2.05) is 4.90 Å². The van der Waals surface area contributed by atoms with E-state index >= 15 is 0 Å². The number of carbonyl (C=O) groups excluding carboxylic acids is 1. The molecule has 0 bridgehead atoms. The van der Waals surface area contributed by atoms with Crippen molar-refractivity contribution in [3.8, 4) is 5.75 Å². The number of nitrogens with two attached hydrogens (primary N) is 1. The lowest BCUT2D eigenvalue weighted by atomic mass is 10.1. The van der Waals surface area contributed by atoms with E-state index < -0.39 is 0 Å². The molecule has 3 N–H and O–H groups in total. The minimum atomic E-state index is -0.00292. The summed E-state index contributed by atoms with van der Waals surface area (Å²) in [5.74, 6) is 0.127. The van der Waals surface area contributed by atoms with Crippen LogP contribution in [0.25, 0.3) is 0 Å². The van der Waals surface area contributed by atoms with Gasteiger partial charge in [0.25, 0.3) is 5.91 Å². The topological polar surface area (TPSA) is 66.6 Å². The smallest absolute Gasteiger partial charge is 0.254 e. The van der Waals surface area contributed by atoms with Crippen molar-refractivity contribution >= 4 is 5.91 Å². The fourth-order valence-corrected chi connectivity index (χ4v) is 2.40. The van der Waals surface area contributed by atoms with Crippen LogP contribution in [0.5, 0.6) is 5.75 Å². The van der Waals surface area contributed by atoms with Gasteiger partial charge in [0, 0.05) is 18.2 Å². The Balaban J connectivity index is 2.14. The molecule has 1 aliphatic heterocycles. The Labute approximate surface area is 101 Å². The van der Waals surface area contributed by atoms with Crippen molar-refractivity contribution in [1.29, 1.82) is 0 Å². The SMILES string of the molecule is NCCC1CCCN1C(=O)c1cccc(O)c1. The first kappa shape index (κ1) is 11.9. The van der Waals surface area contributed by atoms with E-state index in [1.54, 1.807) is 18.2 Å². The third-order valence-electron chi connectivity index (χ3n) is 3.23. The summed E-state index contributed by atoms with van der Waals surface area (Å²) in [4.78, 5) is 14.1.